The first kappa shape index (κ1) is 15.7. The lowest BCUT2D eigenvalue weighted by molar-refractivity contribution is -0.113. The lowest BCUT2D eigenvalue weighted by Crippen LogP contribution is -2.15. The average Bonchev–Trinajstić information content (AvgIpc) is 2.49. The van der Waals surface area contributed by atoms with Crippen LogP contribution in [0.5, 0.6) is 5.75 Å². The molecule has 1 aromatic heterocycles. The van der Waals surface area contributed by atoms with Crippen LogP contribution in [0, 0.1) is 6.92 Å². The average molecular weight is 323 g/mol. The predicted octanol–water partition coefficient (Wildman–Crippen LogP) is 3.78. The summed E-state index contributed by atoms with van der Waals surface area (Å²) in [6, 6.07) is 9.08. The third-order valence-electron chi connectivity index (χ3n) is 2.74. The van der Waals surface area contributed by atoms with Crippen molar-refractivity contribution in [3.8, 4) is 5.75 Å². The Hall–Kier alpha value is -1.72. The van der Waals surface area contributed by atoms with E-state index >= 15 is 0 Å². The van der Waals surface area contributed by atoms with Crippen LogP contribution in [-0.4, -0.2) is 23.8 Å². The summed E-state index contributed by atoms with van der Waals surface area (Å²) >= 11 is 7.42. The summed E-state index contributed by atoms with van der Waals surface area (Å²) in [6.07, 6.45) is 1.70. The molecule has 2 rings (SSSR count). The molecule has 0 aliphatic heterocycles. The molecule has 21 heavy (non-hydrogen) atoms. The quantitative estimate of drug-likeness (QED) is 0.851. The zero-order chi connectivity index (χ0) is 15.2. The Bertz CT molecular complexity index is 635. The van der Waals surface area contributed by atoms with Crippen LogP contribution in [0.2, 0.25) is 5.02 Å². The molecule has 4 nitrogen and oxygen atoms in total. The number of carbonyl (C=O) groups excluding carboxylic acids is 1. The van der Waals surface area contributed by atoms with Crippen LogP contribution in [0.4, 0.5) is 5.69 Å². The van der Waals surface area contributed by atoms with E-state index in [2.05, 4.69) is 10.3 Å². The van der Waals surface area contributed by atoms with Crippen LogP contribution in [0.15, 0.2) is 41.6 Å². The van der Waals surface area contributed by atoms with Gasteiger partial charge in [-0.2, -0.15) is 0 Å². The van der Waals surface area contributed by atoms with Gasteiger partial charge in [0, 0.05) is 17.3 Å². The van der Waals surface area contributed by atoms with Gasteiger partial charge in [-0.3, -0.25) is 4.79 Å². The van der Waals surface area contributed by atoms with Crippen LogP contribution in [-0.2, 0) is 4.79 Å². The maximum Gasteiger partial charge on any atom is 0.234 e. The van der Waals surface area contributed by atoms with Gasteiger partial charge in [0.25, 0.3) is 0 Å². The highest BCUT2D eigenvalue weighted by atomic mass is 35.5. The standard InChI is InChI=1S/C15H15ClN2O2S/c1-10-7-12(13(20-2)8-11(10)16)18-14(19)9-21-15-5-3-4-6-17-15/h3-8H,9H2,1-2H3,(H,18,19). The van der Waals surface area contributed by atoms with Gasteiger partial charge in [-0.05, 0) is 30.7 Å². The van der Waals surface area contributed by atoms with E-state index in [0.717, 1.165) is 10.6 Å². The smallest absolute Gasteiger partial charge is 0.234 e. The minimum atomic E-state index is -0.120. The number of aromatic nitrogens is 1. The maximum atomic E-state index is 12.0. The Morgan fingerprint density at radius 2 is 2.24 bits per heavy atom. The third kappa shape index (κ3) is 4.37. The first-order chi connectivity index (χ1) is 10.1. The first-order valence-electron chi connectivity index (χ1n) is 6.28. The molecule has 1 heterocycles. The van der Waals surface area contributed by atoms with E-state index in [4.69, 9.17) is 16.3 Å². The van der Waals surface area contributed by atoms with E-state index in [-0.39, 0.29) is 11.7 Å². The van der Waals surface area contributed by atoms with E-state index in [9.17, 15) is 4.79 Å². The molecule has 110 valence electrons. The molecule has 0 bridgehead atoms. The minimum absolute atomic E-state index is 0.120. The lowest BCUT2D eigenvalue weighted by Gasteiger charge is -2.12. The van der Waals surface area contributed by atoms with Gasteiger partial charge in [-0.25, -0.2) is 4.98 Å². The SMILES string of the molecule is COc1cc(Cl)c(C)cc1NC(=O)CSc1ccccn1. The number of methoxy groups -OCH3 is 1. The van der Waals surface area contributed by atoms with Crippen molar-refractivity contribution in [2.75, 3.05) is 18.2 Å². The first-order valence-corrected chi connectivity index (χ1v) is 7.64. The third-order valence-corrected chi connectivity index (χ3v) is 4.09. The number of nitrogens with one attached hydrogen (secondary N) is 1. The normalized spacial score (nSPS) is 10.2. The monoisotopic (exact) mass is 322 g/mol. The molecule has 0 aliphatic carbocycles. The molecular formula is C15H15ClN2O2S. The number of rotatable bonds is 5. The van der Waals surface area contributed by atoms with Crippen molar-refractivity contribution in [1.82, 2.24) is 4.98 Å². The summed E-state index contributed by atoms with van der Waals surface area (Å²) in [4.78, 5) is 16.2. The molecule has 1 amide bonds. The molecule has 0 saturated carbocycles. The number of halogens is 1. The van der Waals surface area contributed by atoms with E-state index in [1.165, 1.54) is 11.8 Å². The highest BCUT2D eigenvalue weighted by Crippen LogP contribution is 2.31. The van der Waals surface area contributed by atoms with Crippen LogP contribution in [0.3, 0.4) is 0 Å². The van der Waals surface area contributed by atoms with E-state index in [1.54, 1.807) is 25.4 Å². The van der Waals surface area contributed by atoms with Crippen LogP contribution in [0.25, 0.3) is 0 Å². The summed E-state index contributed by atoms with van der Waals surface area (Å²) in [5.74, 6) is 0.703. The van der Waals surface area contributed by atoms with Crippen LogP contribution < -0.4 is 10.1 Å². The van der Waals surface area contributed by atoms with E-state index < -0.39 is 0 Å². The number of benzene rings is 1. The second-order valence-corrected chi connectivity index (χ2v) is 5.71. The van der Waals surface area contributed by atoms with Crippen molar-refractivity contribution in [3.05, 3.63) is 47.1 Å². The summed E-state index contributed by atoms with van der Waals surface area (Å²) in [5, 5.41) is 4.24. The van der Waals surface area contributed by atoms with Gasteiger partial charge in [0.1, 0.15) is 5.75 Å². The zero-order valence-electron chi connectivity index (χ0n) is 11.7. The molecule has 0 radical (unpaired) electrons. The van der Waals surface area contributed by atoms with Gasteiger partial charge >= 0.3 is 0 Å². The van der Waals surface area contributed by atoms with Gasteiger partial charge in [0.15, 0.2) is 0 Å². The van der Waals surface area contributed by atoms with Crippen molar-refractivity contribution in [2.45, 2.75) is 11.9 Å². The minimum Gasteiger partial charge on any atom is -0.495 e. The molecule has 0 aliphatic rings. The van der Waals surface area contributed by atoms with Crippen molar-refractivity contribution < 1.29 is 9.53 Å². The number of aryl methyl sites for hydroxylation is 1. The Morgan fingerprint density at radius 3 is 2.90 bits per heavy atom. The Morgan fingerprint density at radius 1 is 1.43 bits per heavy atom. The van der Waals surface area contributed by atoms with Crippen molar-refractivity contribution in [2.24, 2.45) is 0 Å². The Kier molecular flexibility index (Phi) is 5.47. The second-order valence-electron chi connectivity index (χ2n) is 4.31. The number of thioether (sulfide) groups is 1. The molecule has 0 atom stereocenters. The van der Waals surface area contributed by atoms with Crippen molar-refractivity contribution in [3.63, 3.8) is 0 Å². The van der Waals surface area contributed by atoms with E-state index in [0.29, 0.717) is 16.5 Å². The molecule has 2 aromatic rings. The fourth-order valence-electron chi connectivity index (χ4n) is 1.69. The van der Waals surface area contributed by atoms with E-state index in [1.807, 2.05) is 25.1 Å². The summed E-state index contributed by atoms with van der Waals surface area (Å²) in [7, 11) is 1.54. The van der Waals surface area contributed by atoms with Gasteiger partial charge in [-0.15, -0.1) is 0 Å². The summed E-state index contributed by atoms with van der Waals surface area (Å²) in [5.41, 5.74) is 1.50. The zero-order valence-corrected chi connectivity index (χ0v) is 13.3. The highest BCUT2D eigenvalue weighted by molar-refractivity contribution is 7.99. The van der Waals surface area contributed by atoms with Crippen molar-refractivity contribution >= 4 is 35.0 Å². The number of nitrogens with zero attached hydrogens (tertiary/aromatic N) is 1. The van der Waals surface area contributed by atoms with Gasteiger partial charge in [0.2, 0.25) is 5.91 Å². The molecule has 1 N–H and O–H groups in total. The highest BCUT2D eigenvalue weighted by Gasteiger charge is 2.10. The number of pyridine rings is 1. The largest absolute Gasteiger partial charge is 0.495 e. The van der Waals surface area contributed by atoms with Crippen LogP contribution in [0.1, 0.15) is 5.56 Å². The van der Waals surface area contributed by atoms with Gasteiger partial charge in [-0.1, -0.05) is 29.4 Å². The fourth-order valence-corrected chi connectivity index (χ4v) is 2.50. The number of anilines is 1. The molecule has 6 heteroatoms. The number of amides is 1. The lowest BCUT2D eigenvalue weighted by atomic mass is 10.2. The Labute approximate surface area is 132 Å². The molecular weight excluding hydrogens is 308 g/mol. The van der Waals surface area contributed by atoms with Gasteiger partial charge < -0.3 is 10.1 Å². The molecule has 0 unspecified atom stereocenters. The topological polar surface area (TPSA) is 51.2 Å². The van der Waals surface area contributed by atoms with Crippen LogP contribution >= 0.6 is 23.4 Å². The number of hydrogen-bond acceptors (Lipinski definition) is 4. The number of hydrogen-bond donors (Lipinski definition) is 1. The van der Waals surface area contributed by atoms with Crippen molar-refractivity contribution in [1.29, 1.82) is 0 Å². The maximum absolute atomic E-state index is 12.0. The number of carbonyl (C=O) groups is 1. The predicted molar refractivity (Wildman–Crippen MR) is 86.3 cm³/mol. The summed E-state index contributed by atoms with van der Waals surface area (Å²) < 4.78 is 5.23. The summed E-state index contributed by atoms with van der Waals surface area (Å²) in [6.45, 7) is 1.88. The molecule has 0 saturated heterocycles. The fraction of sp³-hybridized carbons (Fsp3) is 0.200. The molecule has 1 aromatic carbocycles. The second kappa shape index (κ2) is 7.33. The Balaban J connectivity index is 2.01. The molecule has 0 spiro atoms. The van der Waals surface area contributed by atoms with Gasteiger partial charge in [0.05, 0.1) is 23.6 Å². The molecule has 0 fully saturated rings. The number of ether oxygens (including phenoxy) is 1.